The highest BCUT2D eigenvalue weighted by Gasteiger charge is 2.07. The fraction of sp³-hybridized carbons (Fsp3) is 0.312. The first-order valence-electron chi connectivity index (χ1n) is 6.74. The molecular weight excluding hydrogens is 255 g/mol. The van der Waals surface area contributed by atoms with Gasteiger partial charge in [-0.25, -0.2) is 4.39 Å². The highest BCUT2D eigenvalue weighted by Crippen LogP contribution is 2.20. The van der Waals surface area contributed by atoms with E-state index < -0.39 is 0 Å². The lowest BCUT2D eigenvalue weighted by Gasteiger charge is -2.11. The first-order chi connectivity index (χ1) is 9.69. The number of pyridine rings is 1. The molecule has 1 atom stereocenters. The summed E-state index contributed by atoms with van der Waals surface area (Å²) in [6.07, 6.45) is 4.94. The van der Waals surface area contributed by atoms with E-state index in [0.717, 1.165) is 17.5 Å². The fourth-order valence-corrected chi connectivity index (χ4v) is 1.88. The zero-order valence-electron chi connectivity index (χ0n) is 11.6. The average Bonchev–Trinajstić information content (AvgIpc) is 2.47. The normalized spacial score (nSPS) is 12.2. The van der Waals surface area contributed by atoms with Gasteiger partial charge in [0.15, 0.2) is 11.6 Å². The second kappa shape index (κ2) is 7.01. The number of rotatable bonds is 6. The second-order valence-corrected chi connectivity index (χ2v) is 4.79. The van der Waals surface area contributed by atoms with Gasteiger partial charge in [-0.05, 0) is 36.6 Å². The van der Waals surface area contributed by atoms with Gasteiger partial charge in [0.25, 0.3) is 0 Å². The van der Waals surface area contributed by atoms with Gasteiger partial charge in [0, 0.05) is 24.0 Å². The Morgan fingerprint density at radius 2 is 2.15 bits per heavy atom. The number of nitrogens with two attached hydrogens (primary N) is 1. The number of nitrogens with zero attached hydrogens (tertiary/aromatic N) is 1. The number of hydrogen-bond donors (Lipinski definition) is 1. The van der Waals surface area contributed by atoms with E-state index in [0.29, 0.717) is 13.0 Å². The zero-order valence-corrected chi connectivity index (χ0v) is 11.6. The van der Waals surface area contributed by atoms with Crippen LogP contribution in [-0.2, 0) is 13.0 Å². The van der Waals surface area contributed by atoms with Gasteiger partial charge in [-0.3, -0.25) is 4.98 Å². The lowest BCUT2D eigenvalue weighted by molar-refractivity contribution is 0.289. The third-order valence-corrected chi connectivity index (χ3v) is 3.14. The maximum absolute atomic E-state index is 13.9. The van der Waals surface area contributed by atoms with Crippen LogP contribution in [0.5, 0.6) is 5.75 Å². The maximum Gasteiger partial charge on any atom is 0.165 e. The molecule has 20 heavy (non-hydrogen) atoms. The van der Waals surface area contributed by atoms with Gasteiger partial charge in [-0.15, -0.1) is 0 Å². The van der Waals surface area contributed by atoms with Crippen molar-refractivity contribution in [2.45, 2.75) is 32.4 Å². The predicted molar refractivity (Wildman–Crippen MR) is 76.9 cm³/mol. The van der Waals surface area contributed by atoms with Crippen LogP contribution in [0.2, 0.25) is 0 Å². The number of halogens is 1. The van der Waals surface area contributed by atoms with E-state index in [1.807, 2.05) is 25.1 Å². The smallest absolute Gasteiger partial charge is 0.165 e. The summed E-state index contributed by atoms with van der Waals surface area (Å²) < 4.78 is 19.4. The fourth-order valence-electron chi connectivity index (χ4n) is 1.88. The molecular formula is C16H19FN2O. The van der Waals surface area contributed by atoms with Crippen LogP contribution >= 0.6 is 0 Å². The lowest BCUT2D eigenvalue weighted by atomic mass is 10.0. The Morgan fingerprint density at radius 1 is 1.30 bits per heavy atom. The van der Waals surface area contributed by atoms with E-state index in [1.165, 1.54) is 6.07 Å². The molecule has 2 rings (SSSR count). The van der Waals surface area contributed by atoms with Crippen LogP contribution in [0, 0.1) is 5.82 Å². The van der Waals surface area contributed by atoms with Crippen LogP contribution in [0.4, 0.5) is 4.39 Å². The zero-order chi connectivity index (χ0) is 14.4. The van der Waals surface area contributed by atoms with Crippen molar-refractivity contribution < 1.29 is 9.13 Å². The van der Waals surface area contributed by atoms with Gasteiger partial charge in [-0.2, -0.15) is 0 Å². The minimum absolute atomic E-state index is 0.0663. The third-order valence-electron chi connectivity index (χ3n) is 3.14. The van der Waals surface area contributed by atoms with E-state index in [9.17, 15) is 4.39 Å². The summed E-state index contributed by atoms with van der Waals surface area (Å²) in [5.74, 6) is -0.0997. The maximum atomic E-state index is 13.9. The Balaban J connectivity index is 1.99. The van der Waals surface area contributed by atoms with Crippen LogP contribution in [0.1, 0.15) is 24.5 Å². The Kier molecular flexibility index (Phi) is 5.07. The highest BCUT2D eigenvalue weighted by molar-refractivity contribution is 5.30. The molecule has 1 heterocycles. The summed E-state index contributed by atoms with van der Waals surface area (Å²) in [7, 11) is 0. The Hall–Kier alpha value is -1.94. The molecule has 0 spiro atoms. The molecule has 1 aromatic heterocycles. The molecule has 0 aliphatic rings. The van der Waals surface area contributed by atoms with Crippen LogP contribution in [-0.4, -0.2) is 11.0 Å². The summed E-state index contributed by atoms with van der Waals surface area (Å²) in [4.78, 5) is 3.99. The molecule has 2 aromatic rings. The quantitative estimate of drug-likeness (QED) is 0.880. The average molecular weight is 274 g/mol. The summed E-state index contributed by atoms with van der Waals surface area (Å²) in [5, 5.41) is 0. The Morgan fingerprint density at radius 3 is 2.80 bits per heavy atom. The van der Waals surface area contributed by atoms with Crippen molar-refractivity contribution in [2.24, 2.45) is 5.73 Å². The largest absolute Gasteiger partial charge is 0.486 e. The van der Waals surface area contributed by atoms with Gasteiger partial charge in [0.05, 0.1) is 0 Å². The highest BCUT2D eigenvalue weighted by atomic mass is 19.1. The SMILES string of the molecule is CCC(N)Cc1ccc(OCc2cccnc2)c(F)c1. The van der Waals surface area contributed by atoms with Gasteiger partial charge in [0.2, 0.25) is 0 Å². The standard InChI is InChI=1S/C16H19FN2O/c1-2-14(18)8-12-5-6-16(15(17)9-12)20-11-13-4-3-7-19-10-13/h3-7,9-10,14H,2,8,11,18H2,1H3. The van der Waals surface area contributed by atoms with Crippen molar-refractivity contribution in [3.05, 3.63) is 59.7 Å². The third kappa shape index (κ3) is 4.03. The van der Waals surface area contributed by atoms with Crippen molar-refractivity contribution in [1.82, 2.24) is 4.98 Å². The molecule has 0 saturated heterocycles. The number of ether oxygens (including phenoxy) is 1. The van der Waals surface area contributed by atoms with E-state index in [1.54, 1.807) is 18.5 Å². The summed E-state index contributed by atoms with van der Waals surface area (Å²) in [5.41, 5.74) is 7.67. The van der Waals surface area contributed by atoms with Gasteiger partial charge < -0.3 is 10.5 Å². The molecule has 0 saturated carbocycles. The Labute approximate surface area is 118 Å². The van der Waals surface area contributed by atoms with Crippen LogP contribution < -0.4 is 10.5 Å². The minimum Gasteiger partial charge on any atom is -0.486 e. The molecule has 0 fully saturated rings. The molecule has 4 heteroatoms. The topological polar surface area (TPSA) is 48.1 Å². The molecule has 0 aliphatic heterocycles. The minimum atomic E-state index is -0.352. The van der Waals surface area contributed by atoms with Crippen LogP contribution in [0.15, 0.2) is 42.7 Å². The van der Waals surface area contributed by atoms with Crippen LogP contribution in [0.25, 0.3) is 0 Å². The molecule has 0 radical (unpaired) electrons. The molecule has 3 nitrogen and oxygen atoms in total. The van der Waals surface area contributed by atoms with E-state index in [2.05, 4.69) is 4.98 Å². The first-order valence-corrected chi connectivity index (χ1v) is 6.74. The predicted octanol–water partition coefficient (Wildman–Crippen LogP) is 3.08. The van der Waals surface area contributed by atoms with Gasteiger partial charge in [0.1, 0.15) is 6.61 Å². The van der Waals surface area contributed by atoms with Crippen molar-refractivity contribution >= 4 is 0 Å². The monoisotopic (exact) mass is 274 g/mol. The molecule has 0 aliphatic carbocycles. The molecule has 2 N–H and O–H groups in total. The molecule has 0 amide bonds. The lowest BCUT2D eigenvalue weighted by Crippen LogP contribution is -2.21. The van der Waals surface area contributed by atoms with E-state index >= 15 is 0 Å². The summed E-state index contributed by atoms with van der Waals surface area (Å²) >= 11 is 0. The Bertz CT molecular complexity index is 545. The van der Waals surface area contributed by atoms with Crippen molar-refractivity contribution in [2.75, 3.05) is 0 Å². The number of hydrogen-bond acceptors (Lipinski definition) is 3. The van der Waals surface area contributed by atoms with Gasteiger partial charge >= 0.3 is 0 Å². The van der Waals surface area contributed by atoms with Crippen LogP contribution in [0.3, 0.4) is 0 Å². The first kappa shape index (κ1) is 14.5. The number of benzene rings is 1. The second-order valence-electron chi connectivity index (χ2n) is 4.79. The molecule has 106 valence electrons. The van der Waals surface area contributed by atoms with E-state index in [4.69, 9.17) is 10.5 Å². The number of aromatic nitrogens is 1. The van der Waals surface area contributed by atoms with Crippen molar-refractivity contribution in [3.63, 3.8) is 0 Å². The summed E-state index contributed by atoms with van der Waals surface area (Å²) in [6, 6.07) is 8.79. The summed E-state index contributed by atoms with van der Waals surface area (Å²) in [6.45, 7) is 2.32. The molecule has 1 unspecified atom stereocenters. The molecule has 1 aromatic carbocycles. The molecule has 0 bridgehead atoms. The van der Waals surface area contributed by atoms with Crippen molar-refractivity contribution in [3.8, 4) is 5.75 Å². The van der Waals surface area contributed by atoms with Crippen molar-refractivity contribution in [1.29, 1.82) is 0 Å². The van der Waals surface area contributed by atoms with E-state index in [-0.39, 0.29) is 17.6 Å². The van der Waals surface area contributed by atoms with Gasteiger partial charge in [-0.1, -0.05) is 19.1 Å².